The van der Waals surface area contributed by atoms with Crippen molar-refractivity contribution in [2.75, 3.05) is 0 Å². The second kappa shape index (κ2) is 13.0. The third kappa shape index (κ3) is 5.43. The number of aromatic nitrogens is 6. The average molecular weight is 748 g/mol. The smallest absolute Gasteiger partial charge is 0.308 e. The summed E-state index contributed by atoms with van der Waals surface area (Å²) in [6.45, 7) is 10.1. The van der Waals surface area contributed by atoms with Crippen LogP contribution in [-0.4, -0.2) is 29.1 Å². The van der Waals surface area contributed by atoms with E-state index in [1.54, 1.807) is 62.0 Å². The highest BCUT2D eigenvalue weighted by Crippen LogP contribution is 2.47. The number of benzene rings is 6. The van der Waals surface area contributed by atoms with Gasteiger partial charge in [-0.25, -0.2) is 24.8 Å². The van der Waals surface area contributed by atoms with Crippen LogP contribution in [0, 0.1) is 13.5 Å². The van der Waals surface area contributed by atoms with Gasteiger partial charge < -0.3 is 9.13 Å². The summed E-state index contributed by atoms with van der Waals surface area (Å²) < 4.78 is 48.8. The van der Waals surface area contributed by atoms with Crippen LogP contribution in [0.4, 0.5) is 18.9 Å². The van der Waals surface area contributed by atoms with E-state index in [2.05, 4.69) is 33.9 Å². The van der Waals surface area contributed by atoms with Crippen molar-refractivity contribution >= 4 is 49.3 Å². The van der Waals surface area contributed by atoms with Crippen LogP contribution >= 0.6 is 0 Å². The zero-order valence-electron chi connectivity index (χ0n) is 30.2. The van der Waals surface area contributed by atoms with Crippen LogP contribution in [0.15, 0.2) is 152 Å². The van der Waals surface area contributed by atoms with E-state index < -0.39 is 11.7 Å². The summed E-state index contributed by atoms with van der Waals surface area (Å²) in [5, 5.41) is 3.81. The van der Waals surface area contributed by atoms with Crippen LogP contribution in [0.5, 0.6) is 0 Å². The largest absolute Gasteiger partial charge is 0.416 e. The van der Waals surface area contributed by atoms with Crippen molar-refractivity contribution in [3.05, 3.63) is 175 Å². The molecule has 0 saturated heterocycles. The summed E-state index contributed by atoms with van der Waals surface area (Å²) >= 11 is 0. The molecule has 57 heavy (non-hydrogen) atoms. The van der Waals surface area contributed by atoms with Crippen molar-refractivity contribution in [2.45, 2.75) is 13.1 Å². The fourth-order valence-electron chi connectivity index (χ4n) is 8.11. The van der Waals surface area contributed by atoms with Gasteiger partial charge in [-0.05, 0) is 78.2 Å². The number of rotatable bonds is 5. The minimum absolute atomic E-state index is 0.0336. The number of para-hydroxylation sites is 2. The Balaban J connectivity index is 1.39. The number of fused-ring (bicyclic) bond motifs is 6. The molecule has 272 valence electrons. The first kappa shape index (κ1) is 33.9. The Bertz CT molecular complexity index is 3250. The molecular weight excluding hydrogens is 720 g/mol. The van der Waals surface area contributed by atoms with Gasteiger partial charge in [-0.3, -0.25) is 0 Å². The Morgan fingerprint density at radius 2 is 1.02 bits per heavy atom. The molecule has 0 aliphatic heterocycles. The molecule has 10 aromatic rings. The summed E-state index contributed by atoms with van der Waals surface area (Å²) in [7, 11) is 0. The predicted molar refractivity (Wildman–Crippen MR) is 219 cm³/mol. The molecule has 0 unspecified atom stereocenters. The van der Waals surface area contributed by atoms with Gasteiger partial charge >= 0.3 is 6.18 Å². The quantitative estimate of drug-likeness (QED) is 0.164. The number of halogens is 3. The third-order valence-corrected chi connectivity index (χ3v) is 10.5. The van der Waals surface area contributed by atoms with Gasteiger partial charge in [0.25, 0.3) is 0 Å². The summed E-state index contributed by atoms with van der Waals surface area (Å²) in [5.74, 6) is 1.08. The zero-order valence-corrected chi connectivity index (χ0v) is 30.2. The Kier molecular flexibility index (Phi) is 7.73. The number of nitrogens with zero attached hydrogens (tertiary/aromatic N) is 7. The molecule has 0 bridgehead atoms. The molecule has 10 heteroatoms. The van der Waals surface area contributed by atoms with E-state index in [0.29, 0.717) is 28.6 Å². The number of hydrogen-bond acceptors (Lipinski definition) is 4. The minimum Gasteiger partial charge on any atom is -0.308 e. The van der Waals surface area contributed by atoms with Gasteiger partial charge in [0.1, 0.15) is 0 Å². The first-order valence-electron chi connectivity index (χ1n) is 18.1. The lowest BCUT2D eigenvalue weighted by Gasteiger charge is -2.22. The molecular formula is C47H28F3N7. The van der Waals surface area contributed by atoms with Crippen LogP contribution in [0.3, 0.4) is 0 Å². The summed E-state index contributed by atoms with van der Waals surface area (Å²) in [4.78, 5) is 22.0. The van der Waals surface area contributed by atoms with E-state index >= 15 is 0 Å². The van der Waals surface area contributed by atoms with E-state index in [-0.39, 0.29) is 16.8 Å². The van der Waals surface area contributed by atoms with Crippen molar-refractivity contribution < 1.29 is 13.2 Å². The number of alkyl halides is 3. The summed E-state index contributed by atoms with van der Waals surface area (Å²) in [6, 6.07) is 39.2. The van der Waals surface area contributed by atoms with E-state index in [0.717, 1.165) is 60.8 Å². The molecule has 0 amide bonds. The van der Waals surface area contributed by atoms with Crippen LogP contribution in [0.2, 0.25) is 0 Å². The first-order chi connectivity index (χ1) is 27.8. The minimum atomic E-state index is -4.67. The van der Waals surface area contributed by atoms with Gasteiger partial charge in [0.15, 0.2) is 17.3 Å². The van der Waals surface area contributed by atoms with Crippen molar-refractivity contribution in [3.8, 4) is 45.3 Å². The van der Waals surface area contributed by atoms with Crippen molar-refractivity contribution in [1.82, 2.24) is 29.1 Å². The molecule has 0 saturated carbocycles. The number of aryl methyl sites for hydroxylation is 1. The highest BCUT2D eigenvalue weighted by atomic mass is 19.4. The monoisotopic (exact) mass is 747 g/mol. The Labute approximate surface area is 323 Å². The van der Waals surface area contributed by atoms with Gasteiger partial charge in [0.2, 0.25) is 0 Å². The van der Waals surface area contributed by atoms with E-state index in [1.807, 2.05) is 84.9 Å². The molecule has 0 aliphatic carbocycles. The van der Waals surface area contributed by atoms with Crippen molar-refractivity contribution in [2.24, 2.45) is 0 Å². The Hall–Kier alpha value is -7.64. The summed E-state index contributed by atoms with van der Waals surface area (Å²) in [5.41, 5.74) is 5.88. The molecule has 0 fully saturated rings. The molecule has 7 nitrogen and oxygen atoms in total. The SMILES string of the molecule is [C-]#[N+]c1cc(-n2c3ccccc3c3ccc(-c4ncccn4)cc32)c(-n2c3ccccc3c3ccc(-c4ncccn4)cc32)cc1-c1c(C)cccc1C(F)(F)F. The van der Waals surface area contributed by atoms with E-state index in [4.69, 9.17) is 6.57 Å². The van der Waals surface area contributed by atoms with Gasteiger partial charge in [-0.1, -0.05) is 72.8 Å². The Morgan fingerprint density at radius 1 is 0.526 bits per heavy atom. The Morgan fingerprint density at radius 3 is 1.53 bits per heavy atom. The maximum atomic E-state index is 14.9. The van der Waals surface area contributed by atoms with Gasteiger partial charge in [-0.15, -0.1) is 0 Å². The number of hydrogen-bond donors (Lipinski definition) is 0. The molecule has 6 aromatic carbocycles. The van der Waals surface area contributed by atoms with Gasteiger partial charge in [-0.2, -0.15) is 13.2 Å². The standard InChI is InChI=1S/C47H28F3N7/c1-28-10-7-13-36(47(48,49)50)44(28)35-26-42(56-38-14-5-3-11-31(38)33-18-16-29(24-40(33)56)45-52-20-8-21-53-45)43(27-37(35)51-2)57-39-15-6-4-12-32(39)34-19-17-30(25-41(34)57)46-54-22-9-23-55-46/h3-27H,1H3. The molecule has 0 N–H and O–H groups in total. The molecule has 10 rings (SSSR count). The maximum absolute atomic E-state index is 14.9. The molecule has 0 radical (unpaired) electrons. The van der Waals surface area contributed by atoms with Crippen molar-refractivity contribution in [3.63, 3.8) is 0 Å². The summed E-state index contributed by atoms with van der Waals surface area (Å²) in [6.07, 6.45) is 2.09. The second-order valence-electron chi connectivity index (χ2n) is 13.8. The van der Waals surface area contributed by atoms with Crippen LogP contribution in [0.1, 0.15) is 11.1 Å². The zero-order chi connectivity index (χ0) is 38.8. The lowest BCUT2D eigenvalue weighted by Crippen LogP contribution is -2.09. The van der Waals surface area contributed by atoms with Crippen molar-refractivity contribution in [1.29, 1.82) is 0 Å². The second-order valence-corrected chi connectivity index (χ2v) is 13.8. The third-order valence-electron chi connectivity index (χ3n) is 10.5. The van der Waals surface area contributed by atoms with E-state index in [9.17, 15) is 13.2 Å². The molecule has 4 heterocycles. The van der Waals surface area contributed by atoms with E-state index in [1.165, 1.54) is 6.07 Å². The normalized spacial score (nSPS) is 11.8. The lowest BCUT2D eigenvalue weighted by molar-refractivity contribution is -0.137. The molecule has 0 atom stereocenters. The lowest BCUT2D eigenvalue weighted by atomic mass is 9.92. The maximum Gasteiger partial charge on any atom is 0.416 e. The molecule has 0 aliphatic rings. The predicted octanol–water partition coefficient (Wildman–Crippen LogP) is 12.3. The highest BCUT2D eigenvalue weighted by molar-refractivity contribution is 6.13. The van der Waals surface area contributed by atoms with Gasteiger partial charge in [0, 0.05) is 57.5 Å². The highest BCUT2D eigenvalue weighted by Gasteiger charge is 2.35. The molecule has 4 aromatic heterocycles. The molecule has 0 spiro atoms. The average Bonchev–Trinajstić information content (AvgIpc) is 3.75. The van der Waals surface area contributed by atoms with Gasteiger partial charge in [0.05, 0.1) is 45.6 Å². The van der Waals surface area contributed by atoms with Crippen LogP contribution in [0.25, 0.3) is 93.7 Å². The first-order valence-corrected chi connectivity index (χ1v) is 18.1. The van der Waals surface area contributed by atoms with Crippen LogP contribution < -0.4 is 0 Å². The van der Waals surface area contributed by atoms with Crippen LogP contribution in [-0.2, 0) is 6.18 Å². The fraction of sp³-hybridized carbons (Fsp3) is 0.0426. The fourth-order valence-corrected chi connectivity index (χ4v) is 8.11. The topological polar surface area (TPSA) is 65.8 Å².